The summed E-state index contributed by atoms with van der Waals surface area (Å²) in [6.45, 7) is 6.72. The van der Waals surface area contributed by atoms with Crippen LogP contribution in [0.25, 0.3) is 0 Å². The van der Waals surface area contributed by atoms with Gasteiger partial charge in [0.25, 0.3) is 11.8 Å². The highest BCUT2D eigenvalue weighted by Crippen LogP contribution is 2.23. The first-order valence-corrected chi connectivity index (χ1v) is 8.42. The molecular formula is C20H23N3O2. The highest BCUT2D eigenvalue weighted by Gasteiger charge is 2.16. The molecule has 0 bridgehead atoms. The van der Waals surface area contributed by atoms with Crippen LogP contribution in [0.4, 0.5) is 11.4 Å². The molecule has 130 valence electrons. The van der Waals surface area contributed by atoms with Crippen LogP contribution in [0.5, 0.6) is 0 Å². The third-order valence-corrected chi connectivity index (χ3v) is 3.97. The fourth-order valence-corrected chi connectivity index (χ4v) is 2.77. The molecule has 0 saturated heterocycles. The van der Waals surface area contributed by atoms with E-state index in [1.165, 1.54) is 5.56 Å². The van der Waals surface area contributed by atoms with Crippen molar-refractivity contribution in [2.75, 3.05) is 17.2 Å². The number of anilines is 2. The minimum Gasteiger partial charge on any atom is -0.384 e. The van der Waals surface area contributed by atoms with Crippen molar-refractivity contribution >= 4 is 23.2 Å². The molecular weight excluding hydrogens is 314 g/mol. The first-order chi connectivity index (χ1) is 11.8. The molecule has 3 rings (SSSR count). The van der Waals surface area contributed by atoms with Crippen LogP contribution in [0, 0.1) is 0 Å². The highest BCUT2D eigenvalue weighted by molar-refractivity contribution is 6.05. The van der Waals surface area contributed by atoms with E-state index in [1.807, 2.05) is 39.0 Å². The lowest BCUT2D eigenvalue weighted by Gasteiger charge is -2.20. The summed E-state index contributed by atoms with van der Waals surface area (Å²) in [5, 5.41) is 9.07. The molecule has 25 heavy (non-hydrogen) atoms. The van der Waals surface area contributed by atoms with E-state index in [4.69, 9.17) is 0 Å². The maximum atomic E-state index is 12.4. The normalized spacial score (nSPS) is 12.9. The van der Waals surface area contributed by atoms with Gasteiger partial charge >= 0.3 is 0 Å². The van der Waals surface area contributed by atoms with Crippen molar-refractivity contribution in [3.63, 3.8) is 0 Å². The van der Waals surface area contributed by atoms with Crippen LogP contribution in [-0.4, -0.2) is 23.9 Å². The Balaban J connectivity index is 1.67. The largest absolute Gasteiger partial charge is 0.384 e. The standard InChI is InChI=1S/C20H23N3O2/c1-20(2,3)23-19(25)13-4-7-16(8-5-13)22-18(24)15-6-9-17-14(12-15)10-11-21-17/h4-9,12,21H,10-11H2,1-3H3,(H,22,24)(H,23,25). The second kappa shape index (κ2) is 6.59. The van der Waals surface area contributed by atoms with E-state index in [-0.39, 0.29) is 17.4 Å². The van der Waals surface area contributed by atoms with Gasteiger partial charge in [-0.15, -0.1) is 0 Å². The Bertz CT molecular complexity index is 805. The van der Waals surface area contributed by atoms with Crippen molar-refractivity contribution in [1.82, 2.24) is 5.32 Å². The van der Waals surface area contributed by atoms with Gasteiger partial charge in [-0.2, -0.15) is 0 Å². The monoisotopic (exact) mass is 337 g/mol. The van der Waals surface area contributed by atoms with Gasteiger partial charge in [0.1, 0.15) is 0 Å². The van der Waals surface area contributed by atoms with E-state index >= 15 is 0 Å². The highest BCUT2D eigenvalue weighted by atomic mass is 16.2. The molecule has 1 aliphatic heterocycles. The van der Waals surface area contributed by atoms with E-state index in [1.54, 1.807) is 24.3 Å². The topological polar surface area (TPSA) is 70.2 Å². The lowest BCUT2D eigenvalue weighted by Crippen LogP contribution is -2.40. The summed E-state index contributed by atoms with van der Waals surface area (Å²) in [4.78, 5) is 24.5. The molecule has 0 aromatic heterocycles. The lowest BCUT2D eigenvalue weighted by molar-refractivity contribution is 0.0919. The first-order valence-electron chi connectivity index (χ1n) is 8.42. The van der Waals surface area contributed by atoms with Crippen molar-refractivity contribution in [3.05, 3.63) is 59.2 Å². The predicted octanol–water partition coefficient (Wildman–Crippen LogP) is 3.44. The zero-order valence-electron chi connectivity index (χ0n) is 14.8. The van der Waals surface area contributed by atoms with E-state index in [0.29, 0.717) is 16.8 Å². The maximum absolute atomic E-state index is 12.4. The van der Waals surface area contributed by atoms with Crippen molar-refractivity contribution < 1.29 is 9.59 Å². The van der Waals surface area contributed by atoms with Gasteiger partial charge in [-0.3, -0.25) is 9.59 Å². The van der Waals surface area contributed by atoms with E-state index < -0.39 is 0 Å². The SMILES string of the molecule is CC(C)(C)NC(=O)c1ccc(NC(=O)c2ccc3c(c2)CCN3)cc1. The van der Waals surface area contributed by atoms with Gasteiger partial charge in [0.2, 0.25) is 0 Å². The number of rotatable bonds is 3. The number of hydrogen-bond acceptors (Lipinski definition) is 3. The van der Waals surface area contributed by atoms with Crippen LogP contribution in [-0.2, 0) is 6.42 Å². The molecule has 0 unspecified atom stereocenters. The van der Waals surface area contributed by atoms with Crippen LogP contribution < -0.4 is 16.0 Å². The molecule has 3 N–H and O–H groups in total. The van der Waals surface area contributed by atoms with Crippen LogP contribution >= 0.6 is 0 Å². The molecule has 0 saturated carbocycles. The summed E-state index contributed by atoms with van der Waals surface area (Å²) in [7, 11) is 0. The third kappa shape index (κ3) is 4.18. The molecule has 2 amide bonds. The van der Waals surface area contributed by atoms with Crippen LogP contribution in [0.2, 0.25) is 0 Å². The van der Waals surface area contributed by atoms with Crippen LogP contribution in [0.3, 0.4) is 0 Å². The smallest absolute Gasteiger partial charge is 0.255 e. The number of amides is 2. The van der Waals surface area contributed by atoms with Crippen LogP contribution in [0.1, 0.15) is 47.1 Å². The molecule has 5 nitrogen and oxygen atoms in total. The number of benzene rings is 2. The van der Waals surface area contributed by atoms with Crippen molar-refractivity contribution in [3.8, 4) is 0 Å². The molecule has 0 radical (unpaired) electrons. The minimum atomic E-state index is -0.285. The summed E-state index contributed by atoms with van der Waals surface area (Å²) in [6.07, 6.45) is 0.939. The van der Waals surface area contributed by atoms with Gasteiger partial charge in [0.15, 0.2) is 0 Å². The number of hydrogen-bond donors (Lipinski definition) is 3. The van der Waals surface area contributed by atoms with Gasteiger partial charge in [-0.1, -0.05) is 0 Å². The molecule has 0 spiro atoms. The molecule has 2 aromatic rings. The summed E-state index contributed by atoms with van der Waals surface area (Å²) in [5.74, 6) is -0.280. The van der Waals surface area contributed by atoms with Crippen molar-refractivity contribution in [2.24, 2.45) is 0 Å². The average molecular weight is 337 g/mol. The van der Waals surface area contributed by atoms with Gasteiger partial charge in [-0.25, -0.2) is 0 Å². The fraction of sp³-hybridized carbons (Fsp3) is 0.300. The van der Waals surface area contributed by atoms with Crippen LogP contribution in [0.15, 0.2) is 42.5 Å². The quantitative estimate of drug-likeness (QED) is 0.803. The number of fused-ring (bicyclic) bond motifs is 1. The fourth-order valence-electron chi connectivity index (χ4n) is 2.77. The number of carbonyl (C=O) groups excluding carboxylic acids is 2. The number of nitrogens with one attached hydrogen (secondary N) is 3. The lowest BCUT2D eigenvalue weighted by atomic mass is 10.1. The second-order valence-electron chi connectivity index (χ2n) is 7.28. The Labute approximate surface area is 147 Å². The van der Waals surface area contributed by atoms with Gasteiger partial charge in [0, 0.05) is 34.6 Å². The molecule has 0 atom stereocenters. The minimum absolute atomic E-state index is 0.128. The van der Waals surface area contributed by atoms with Crippen molar-refractivity contribution in [2.45, 2.75) is 32.7 Å². The summed E-state index contributed by atoms with van der Waals surface area (Å²) < 4.78 is 0. The third-order valence-electron chi connectivity index (χ3n) is 3.97. The maximum Gasteiger partial charge on any atom is 0.255 e. The molecule has 1 heterocycles. The summed E-state index contributed by atoms with van der Waals surface area (Å²) in [5.41, 5.74) is 3.85. The van der Waals surface area contributed by atoms with E-state index in [2.05, 4.69) is 16.0 Å². The average Bonchev–Trinajstić information content (AvgIpc) is 3.01. The van der Waals surface area contributed by atoms with Gasteiger partial charge in [-0.05, 0) is 75.2 Å². The van der Waals surface area contributed by atoms with E-state index in [0.717, 1.165) is 18.7 Å². The number of carbonyl (C=O) groups is 2. The van der Waals surface area contributed by atoms with E-state index in [9.17, 15) is 9.59 Å². The first kappa shape index (κ1) is 17.0. The second-order valence-corrected chi connectivity index (χ2v) is 7.28. The molecule has 0 fully saturated rings. The summed E-state index contributed by atoms with van der Waals surface area (Å²) >= 11 is 0. The summed E-state index contributed by atoms with van der Waals surface area (Å²) in [6, 6.07) is 12.6. The Hall–Kier alpha value is -2.82. The molecule has 5 heteroatoms. The Morgan fingerprint density at radius 3 is 2.32 bits per heavy atom. The zero-order chi connectivity index (χ0) is 18.0. The molecule has 1 aliphatic rings. The predicted molar refractivity (Wildman–Crippen MR) is 100 cm³/mol. The van der Waals surface area contributed by atoms with Gasteiger partial charge in [0.05, 0.1) is 0 Å². The Kier molecular flexibility index (Phi) is 4.49. The zero-order valence-corrected chi connectivity index (χ0v) is 14.8. The molecule has 0 aliphatic carbocycles. The van der Waals surface area contributed by atoms with Crippen molar-refractivity contribution in [1.29, 1.82) is 0 Å². The Morgan fingerprint density at radius 1 is 0.960 bits per heavy atom. The van der Waals surface area contributed by atoms with Gasteiger partial charge < -0.3 is 16.0 Å². The molecule has 2 aromatic carbocycles. The Morgan fingerprint density at radius 2 is 1.64 bits per heavy atom.